The molecule has 0 saturated carbocycles. The van der Waals surface area contributed by atoms with Gasteiger partial charge in [0.2, 0.25) is 0 Å². The van der Waals surface area contributed by atoms with Crippen molar-refractivity contribution >= 4 is 39.1 Å². The molecule has 0 aromatic carbocycles. The summed E-state index contributed by atoms with van der Waals surface area (Å²) in [5.74, 6) is -1.00. The van der Waals surface area contributed by atoms with Crippen LogP contribution in [0.2, 0.25) is 0 Å². The van der Waals surface area contributed by atoms with Crippen LogP contribution in [0.1, 0.15) is 23.0 Å². The average molecular weight is 306 g/mol. The number of hydrogen-bond acceptors (Lipinski definition) is 3. The van der Waals surface area contributed by atoms with E-state index in [9.17, 15) is 9.59 Å². The lowest BCUT2D eigenvalue weighted by Gasteiger charge is -2.18. The molecule has 1 aromatic heterocycles. The quantitative estimate of drug-likeness (QED) is 0.909. The zero-order valence-electron chi connectivity index (χ0n) is 8.77. The van der Waals surface area contributed by atoms with Gasteiger partial charge in [-0.1, -0.05) is 0 Å². The minimum atomic E-state index is -0.890. The van der Waals surface area contributed by atoms with Gasteiger partial charge in [-0.2, -0.15) is 0 Å². The van der Waals surface area contributed by atoms with E-state index in [1.165, 1.54) is 16.2 Å². The molecule has 0 aliphatic carbocycles. The lowest BCUT2D eigenvalue weighted by molar-refractivity contribution is -0.137. The Morgan fingerprint density at radius 1 is 1.56 bits per heavy atom. The van der Waals surface area contributed by atoms with Crippen molar-refractivity contribution in [1.29, 1.82) is 0 Å². The first-order valence-corrected chi connectivity index (χ1v) is 6.47. The Balaban J connectivity index is 2.66. The van der Waals surface area contributed by atoms with E-state index >= 15 is 0 Å². The molecule has 0 aliphatic rings. The van der Waals surface area contributed by atoms with E-state index in [0.717, 1.165) is 4.47 Å². The van der Waals surface area contributed by atoms with Crippen LogP contribution in [-0.2, 0) is 4.79 Å². The second-order valence-corrected chi connectivity index (χ2v) is 4.98. The molecule has 88 valence electrons. The summed E-state index contributed by atoms with van der Waals surface area (Å²) in [6.45, 7) is 2.60. The van der Waals surface area contributed by atoms with Crippen LogP contribution in [0.4, 0.5) is 0 Å². The maximum Gasteiger partial charge on any atom is 0.305 e. The van der Waals surface area contributed by atoms with Gasteiger partial charge in [-0.05, 0) is 28.9 Å². The first-order valence-electron chi connectivity index (χ1n) is 4.79. The minimum absolute atomic E-state index is 0.0217. The van der Waals surface area contributed by atoms with Gasteiger partial charge in [-0.25, -0.2) is 0 Å². The highest BCUT2D eigenvalue weighted by Crippen LogP contribution is 2.21. The molecule has 1 heterocycles. The molecule has 6 heteroatoms. The number of carboxylic acid groups (broad SMARTS) is 1. The van der Waals surface area contributed by atoms with Crippen LogP contribution in [0.3, 0.4) is 0 Å². The van der Waals surface area contributed by atoms with Crippen LogP contribution in [-0.4, -0.2) is 35.0 Å². The molecule has 0 bridgehead atoms. The summed E-state index contributed by atoms with van der Waals surface area (Å²) in [5, 5.41) is 10.4. The number of amides is 1. The Bertz CT molecular complexity index is 391. The standard InChI is InChI=1S/C10H12BrNO3S/c1-2-12(4-3-9(13)14)10(15)8-5-7(11)6-16-8/h5-6H,2-4H2,1H3,(H,13,14). The zero-order valence-corrected chi connectivity index (χ0v) is 11.2. The summed E-state index contributed by atoms with van der Waals surface area (Å²) < 4.78 is 0.870. The van der Waals surface area contributed by atoms with Crippen LogP contribution in [0.5, 0.6) is 0 Å². The molecule has 0 spiro atoms. The Morgan fingerprint density at radius 3 is 2.69 bits per heavy atom. The second-order valence-electron chi connectivity index (χ2n) is 3.16. The van der Waals surface area contributed by atoms with Gasteiger partial charge in [-0.15, -0.1) is 11.3 Å². The van der Waals surface area contributed by atoms with E-state index in [1.54, 1.807) is 6.07 Å². The van der Waals surface area contributed by atoms with Crippen molar-refractivity contribution < 1.29 is 14.7 Å². The van der Waals surface area contributed by atoms with Gasteiger partial charge < -0.3 is 10.0 Å². The third-order valence-corrected chi connectivity index (χ3v) is 3.72. The van der Waals surface area contributed by atoms with E-state index in [4.69, 9.17) is 5.11 Å². The van der Waals surface area contributed by atoms with Gasteiger partial charge in [-0.3, -0.25) is 9.59 Å². The normalized spacial score (nSPS) is 10.1. The van der Waals surface area contributed by atoms with Gasteiger partial charge >= 0.3 is 5.97 Å². The Kier molecular flexibility index (Phi) is 4.95. The van der Waals surface area contributed by atoms with Crippen molar-refractivity contribution in [3.8, 4) is 0 Å². The molecule has 0 unspecified atom stereocenters. The highest BCUT2D eigenvalue weighted by molar-refractivity contribution is 9.10. The highest BCUT2D eigenvalue weighted by atomic mass is 79.9. The molecular weight excluding hydrogens is 294 g/mol. The first-order chi connectivity index (χ1) is 7.54. The van der Waals surface area contributed by atoms with E-state index < -0.39 is 5.97 Å². The fourth-order valence-electron chi connectivity index (χ4n) is 1.21. The first kappa shape index (κ1) is 13.2. The number of carbonyl (C=O) groups excluding carboxylic acids is 1. The highest BCUT2D eigenvalue weighted by Gasteiger charge is 2.16. The van der Waals surface area contributed by atoms with E-state index in [2.05, 4.69) is 15.9 Å². The van der Waals surface area contributed by atoms with Gasteiger partial charge in [0.05, 0.1) is 11.3 Å². The third-order valence-electron chi connectivity index (χ3n) is 2.04. The number of nitrogens with zero attached hydrogens (tertiary/aromatic N) is 1. The largest absolute Gasteiger partial charge is 0.481 e. The van der Waals surface area contributed by atoms with Crippen LogP contribution in [0.15, 0.2) is 15.9 Å². The lowest BCUT2D eigenvalue weighted by atomic mass is 10.3. The Hall–Kier alpha value is -0.880. The average Bonchev–Trinajstić information content (AvgIpc) is 2.65. The van der Waals surface area contributed by atoms with Gasteiger partial charge in [0.1, 0.15) is 0 Å². The minimum Gasteiger partial charge on any atom is -0.481 e. The molecular formula is C10H12BrNO3S. The SMILES string of the molecule is CCN(CCC(=O)O)C(=O)c1cc(Br)cs1. The van der Waals surface area contributed by atoms with Crippen LogP contribution in [0.25, 0.3) is 0 Å². The number of hydrogen-bond donors (Lipinski definition) is 1. The fourth-order valence-corrected chi connectivity index (χ4v) is 2.61. The summed E-state index contributed by atoms with van der Waals surface area (Å²) in [6.07, 6.45) is -0.0217. The van der Waals surface area contributed by atoms with E-state index in [0.29, 0.717) is 11.4 Å². The topological polar surface area (TPSA) is 57.6 Å². The molecule has 0 aliphatic heterocycles. The number of rotatable bonds is 5. The second kappa shape index (κ2) is 6.00. The monoisotopic (exact) mass is 305 g/mol. The number of carboxylic acids is 1. The maximum absolute atomic E-state index is 11.9. The fraction of sp³-hybridized carbons (Fsp3) is 0.400. The van der Waals surface area contributed by atoms with Crippen molar-refractivity contribution in [2.24, 2.45) is 0 Å². The summed E-state index contributed by atoms with van der Waals surface area (Å²) in [4.78, 5) is 24.5. The predicted octanol–water partition coefficient (Wildman–Crippen LogP) is 2.45. The van der Waals surface area contributed by atoms with Crippen molar-refractivity contribution in [3.05, 3.63) is 20.8 Å². The molecule has 16 heavy (non-hydrogen) atoms. The molecule has 0 fully saturated rings. The smallest absolute Gasteiger partial charge is 0.305 e. The number of thiophene rings is 1. The maximum atomic E-state index is 11.9. The molecule has 0 radical (unpaired) electrons. The van der Waals surface area contributed by atoms with Gasteiger partial charge in [0.25, 0.3) is 5.91 Å². The van der Waals surface area contributed by atoms with Crippen LogP contribution < -0.4 is 0 Å². The molecule has 1 aromatic rings. The number of carbonyl (C=O) groups is 2. The third kappa shape index (κ3) is 3.61. The van der Waals surface area contributed by atoms with E-state index in [-0.39, 0.29) is 18.9 Å². The Morgan fingerprint density at radius 2 is 2.25 bits per heavy atom. The van der Waals surface area contributed by atoms with Crippen molar-refractivity contribution in [3.63, 3.8) is 0 Å². The van der Waals surface area contributed by atoms with Crippen LogP contribution in [0, 0.1) is 0 Å². The Labute approximate surface area is 106 Å². The lowest BCUT2D eigenvalue weighted by Crippen LogP contribution is -2.32. The van der Waals surface area contributed by atoms with Crippen LogP contribution >= 0.6 is 27.3 Å². The summed E-state index contributed by atoms with van der Waals surface area (Å²) in [6, 6.07) is 1.75. The zero-order chi connectivity index (χ0) is 12.1. The molecule has 1 rings (SSSR count). The molecule has 0 atom stereocenters. The van der Waals surface area contributed by atoms with Gasteiger partial charge in [0.15, 0.2) is 0 Å². The molecule has 0 saturated heterocycles. The predicted molar refractivity (Wildman–Crippen MR) is 65.8 cm³/mol. The molecule has 4 nitrogen and oxygen atoms in total. The van der Waals surface area contributed by atoms with Gasteiger partial charge in [0, 0.05) is 22.9 Å². The molecule has 1 amide bonds. The summed E-state index contributed by atoms with van der Waals surface area (Å²) in [7, 11) is 0. The molecule has 1 N–H and O–H groups in total. The number of aliphatic carboxylic acids is 1. The van der Waals surface area contributed by atoms with Crippen molar-refractivity contribution in [1.82, 2.24) is 4.90 Å². The summed E-state index contributed by atoms with van der Waals surface area (Å²) in [5.41, 5.74) is 0. The van der Waals surface area contributed by atoms with Crippen molar-refractivity contribution in [2.45, 2.75) is 13.3 Å². The van der Waals surface area contributed by atoms with Crippen molar-refractivity contribution in [2.75, 3.05) is 13.1 Å². The number of halogens is 1. The summed E-state index contributed by atoms with van der Waals surface area (Å²) >= 11 is 4.63. The van der Waals surface area contributed by atoms with E-state index in [1.807, 2.05) is 12.3 Å².